The zero-order chi connectivity index (χ0) is 41.8. The Morgan fingerprint density at radius 1 is 0.544 bits per heavy atom. The number of esters is 2. The van der Waals surface area contributed by atoms with Crippen molar-refractivity contribution in [3.05, 3.63) is 36.5 Å². The second kappa shape index (κ2) is 36.5. The maximum Gasteiger partial charge on any atom is 0.335 e. The third kappa shape index (κ3) is 28.5. The molecular formula is C46H80O11. The molecule has 6 atom stereocenters. The Morgan fingerprint density at radius 3 is 1.53 bits per heavy atom. The predicted octanol–water partition coefficient (Wildman–Crippen LogP) is 9.59. The first-order valence-corrected chi connectivity index (χ1v) is 22.5. The summed E-state index contributed by atoms with van der Waals surface area (Å²) < 4.78 is 21.7. The van der Waals surface area contributed by atoms with Crippen LogP contribution in [0.1, 0.15) is 187 Å². The van der Waals surface area contributed by atoms with Gasteiger partial charge in [-0.2, -0.15) is 0 Å². The molecule has 0 aromatic carbocycles. The van der Waals surface area contributed by atoms with Gasteiger partial charge in [-0.25, -0.2) is 4.79 Å². The van der Waals surface area contributed by atoms with Crippen LogP contribution in [0.15, 0.2) is 36.5 Å². The molecule has 0 bridgehead atoms. The highest BCUT2D eigenvalue weighted by molar-refractivity contribution is 5.73. The molecule has 1 aliphatic rings. The van der Waals surface area contributed by atoms with Crippen molar-refractivity contribution in [1.82, 2.24) is 0 Å². The molecule has 1 rings (SSSR count). The first-order chi connectivity index (χ1) is 27.7. The van der Waals surface area contributed by atoms with E-state index in [0.29, 0.717) is 12.8 Å². The zero-order valence-electron chi connectivity index (χ0n) is 35.6. The van der Waals surface area contributed by atoms with Gasteiger partial charge in [-0.1, -0.05) is 147 Å². The number of aliphatic hydroxyl groups excluding tert-OH is 3. The lowest BCUT2D eigenvalue weighted by atomic mass is 9.99. The van der Waals surface area contributed by atoms with Gasteiger partial charge in [-0.3, -0.25) is 9.59 Å². The molecule has 57 heavy (non-hydrogen) atoms. The highest BCUT2D eigenvalue weighted by Crippen LogP contribution is 2.23. The Balaban J connectivity index is 2.38. The summed E-state index contributed by atoms with van der Waals surface area (Å²) in [7, 11) is 0. The van der Waals surface area contributed by atoms with Crippen molar-refractivity contribution in [2.24, 2.45) is 0 Å². The number of carboxylic acid groups (broad SMARTS) is 1. The standard InChI is InChI=1S/C46H80O11/c1-3-5-7-9-11-13-15-17-19-20-21-23-25-27-29-31-33-35-40(48)56-38(37-55-46-43(51)41(49)42(50)44(57-46)45(52)53)36-54-39(47)34-32-30-28-26-24-22-18-16-14-12-10-8-6-4-2/h10,12,16-19,38,41-44,46,49-51H,3-9,11,13-15,20-37H2,1-2H3,(H,52,53)/b12-10-,18-16-,19-17-. The topological polar surface area (TPSA) is 169 Å². The first-order valence-electron chi connectivity index (χ1n) is 22.5. The van der Waals surface area contributed by atoms with Gasteiger partial charge in [0, 0.05) is 12.8 Å². The Hall–Kier alpha value is -2.57. The van der Waals surface area contributed by atoms with Crippen LogP contribution in [-0.4, -0.2) is 88.4 Å². The molecule has 4 N–H and O–H groups in total. The summed E-state index contributed by atoms with van der Waals surface area (Å²) in [6, 6.07) is 0. The second-order valence-electron chi connectivity index (χ2n) is 15.5. The van der Waals surface area contributed by atoms with E-state index in [1.807, 2.05) is 0 Å². The van der Waals surface area contributed by atoms with E-state index in [0.717, 1.165) is 70.6 Å². The number of carboxylic acids is 1. The number of aliphatic hydroxyl groups is 3. The van der Waals surface area contributed by atoms with Crippen LogP contribution in [0.3, 0.4) is 0 Å². The lowest BCUT2D eigenvalue weighted by Crippen LogP contribution is -2.60. The normalized spacial score (nSPS) is 20.5. The number of aliphatic carboxylic acids is 1. The number of carbonyl (C=O) groups is 3. The van der Waals surface area contributed by atoms with Crippen molar-refractivity contribution in [2.75, 3.05) is 13.2 Å². The number of allylic oxidation sites excluding steroid dienone is 6. The predicted molar refractivity (Wildman–Crippen MR) is 225 cm³/mol. The van der Waals surface area contributed by atoms with E-state index in [1.54, 1.807) is 0 Å². The molecule has 0 aliphatic carbocycles. The van der Waals surface area contributed by atoms with Gasteiger partial charge in [0.1, 0.15) is 24.9 Å². The van der Waals surface area contributed by atoms with Crippen LogP contribution in [0.25, 0.3) is 0 Å². The van der Waals surface area contributed by atoms with Gasteiger partial charge < -0.3 is 39.4 Å². The second-order valence-corrected chi connectivity index (χ2v) is 15.5. The minimum Gasteiger partial charge on any atom is -0.479 e. The third-order valence-corrected chi connectivity index (χ3v) is 10.2. The molecule has 0 saturated carbocycles. The fourth-order valence-electron chi connectivity index (χ4n) is 6.60. The average Bonchev–Trinajstić information content (AvgIpc) is 3.19. The molecule has 1 fully saturated rings. The number of hydrogen-bond donors (Lipinski definition) is 4. The number of carbonyl (C=O) groups excluding carboxylic acids is 2. The van der Waals surface area contributed by atoms with E-state index in [9.17, 15) is 34.8 Å². The maximum atomic E-state index is 12.8. The molecule has 1 aliphatic heterocycles. The van der Waals surface area contributed by atoms with Crippen molar-refractivity contribution in [3.63, 3.8) is 0 Å². The van der Waals surface area contributed by atoms with Gasteiger partial charge in [0.05, 0.1) is 6.61 Å². The summed E-state index contributed by atoms with van der Waals surface area (Å²) in [5.41, 5.74) is 0. The van der Waals surface area contributed by atoms with Crippen LogP contribution in [0, 0.1) is 0 Å². The number of rotatable bonds is 37. The van der Waals surface area contributed by atoms with Crippen molar-refractivity contribution in [1.29, 1.82) is 0 Å². The Kier molecular flexibility index (Phi) is 33.6. The zero-order valence-corrected chi connectivity index (χ0v) is 35.6. The Bertz CT molecular complexity index is 1090. The lowest BCUT2D eigenvalue weighted by molar-refractivity contribution is -0.298. The summed E-state index contributed by atoms with van der Waals surface area (Å²) in [5, 5.41) is 39.8. The summed E-state index contributed by atoms with van der Waals surface area (Å²) in [6.45, 7) is 3.75. The summed E-state index contributed by atoms with van der Waals surface area (Å²) in [5.74, 6) is -2.47. The van der Waals surface area contributed by atoms with E-state index in [4.69, 9.17) is 18.9 Å². The van der Waals surface area contributed by atoms with Crippen LogP contribution in [-0.2, 0) is 33.3 Å². The average molecular weight is 809 g/mol. The smallest absolute Gasteiger partial charge is 0.335 e. The molecule has 0 radical (unpaired) electrons. The Morgan fingerprint density at radius 2 is 1.00 bits per heavy atom. The fraction of sp³-hybridized carbons (Fsp3) is 0.804. The first kappa shape index (κ1) is 52.4. The highest BCUT2D eigenvalue weighted by atomic mass is 16.7. The molecule has 330 valence electrons. The number of ether oxygens (including phenoxy) is 4. The van der Waals surface area contributed by atoms with E-state index < -0.39 is 61.3 Å². The van der Waals surface area contributed by atoms with E-state index >= 15 is 0 Å². The van der Waals surface area contributed by atoms with Crippen LogP contribution in [0.5, 0.6) is 0 Å². The monoisotopic (exact) mass is 809 g/mol. The van der Waals surface area contributed by atoms with Crippen molar-refractivity contribution < 1.29 is 53.8 Å². The summed E-state index contributed by atoms with van der Waals surface area (Å²) in [4.78, 5) is 36.8. The Labute approximate surface area is 344 Å². The van der Waals surface area contributed by atoms with Gasteiger partial charge >= 0.3 is 17.9 Å². The van der Waals surface area contributed by atoms with Gasteiger partial charge in [0.25, 0.3) is 0 Å². The summed E-state index contributed by atoms with van der Waals surface area (Å²) >= 11 is 0. The summed E-state index contributed by atoms with van der Waals surface area (Å²) in [6.07, 6.45) is 31.9. The molecule has 0 spiro atoms. The van der Waals surface area contributed by atoms with Gasteiger partial charge in [-0.05, 0) is 64.2 Å². The molecule has 1 heterocycles. The molecule has 0 aromatic heterocycles. The lowest BCUT2D eigenvalue weighted by Gasteiger charge is -2.38. The van der Waals surface area contributed by atoms with Gasteiger partial charge in [0.15, 0.2) is 18.5 Å². The maximum absolute atomic E-state index is 12.8. The minimum atomic E-state index is -1.86. The van der Waals surface area contributed by atoms with Crippen LogP contribution in [0.2, 0.25) is 0 Å². The fourth-order valence-corrected chi connectivity index (χ4v) is 6.60. The SMILES string of the molecule is CCCC/C=C\C/C=C\CCCCCCCC(=O)OCC(COC1OC(C(=O)O)C(O)C(O)C1O)OC(=O)CCCCCCCCC/C=C\CCCCCCCC. The minimum absolute atomic E-state index is 0.175. The highest BCUT2D eigenvalue weighted by Gasteiger charge is 2.47. The van der Waals surface area contributed by atoms with Gasteiger partial charge in [0.2, 0.25) is 0 Å². The molecule has 1 saturated heterocycles. The molecule has 0 aromatic rings. The molecule has 11 heteroatoms. The van der Waals surface area contributed by atoms with Crippen LogP contribution in [0.4, 0.5) is 0 Å². The van der Waals surface area contributed by atoms with E-state index in [2.05, 4.69) is 50.3 Å². The van der Waals surface area contributed by atoms with Crippen molar-refractivity contribution in [3.8, 4) is 0 Å². The number of unbranched alkanes of at least 4 members (excludes halogenated alkanes) is 20. The van der Waals surface area contributed by atoms with Crippen molar-refractivity contribution >= 4 is 17.9 Å². The molecule has 6 unspecified atom stereocenters. The van der Waals surface area contributed by atoms with E-state index in [-0.39, 0.29) is 19.4 Å². The molecular weight excluding hydrogens is 728 g/mol. The largest absolute Gasteiger partial charge is 0.479 e. The molecule has 11 nitrogen and oxygen atoms in total. The van der Waals surface area contributed by atoms with Crippen LogP contribution < -0.4 is 0 Å². The van der Waals surface area contributed by atoms with Crippen molar-refractivity contribution in [2.45, 2.75) is 224 Å². The van der Waals surface area contributed by atoms with E-state index in [1.165, 1.54) is 77.0 Å². The number of hydrogen-bond acceptors (Lipinski definition) is 10. The quantitative estimate of drug-likeness (QED) is 0.0268. The van der Waals surface area contributed by atoms with Gasteiger partial charge in [-0.15, -0.1) is 0 Å². The third-order valence-electron chi connectivity index (χ3n) is 10.2. The molecule has 0 amide bonds. The van der Waals surface area contributed by atoms with Crippen LogP contribution >= 0.6 is 0 Å².